The van der Waals surface area contributed by atoms with Crippen molar-refractivity contribution in [2.24, 2.45) is 0 Å². The van der Waals surface area contributed by atoms with Crippen LogP contribution in [-0.2, 0) is 9.59 Å². The molecular weight excluding hydrogens is 246 g/mol. The van der Waals surface area contributed by atoms with Gasteiger partial charge in [-0.3, -0.25) is 9.59 Å². The molecule has 0 atom stereocenters. The van der Waals surface area contributed by atoms with Gasteiger partial charge in [-0.25, -0.2) is 4.79 Å². The molecule has 5 heteroatoms. The highest BCUT2D eigenvalue weighted by atomic mass is 16.4. The predicted molar refractivity (Wildman–Crippen MR) is 69.3 cm³/mol. The van der Waals surface area contributed by atoms with Crippen molar-refractivity contribution in [1.82, 2.24) is 0 Å². The molecule has 1 amide bonds. The van der Waals surface area contributed by atoms with Crippen molar-refractivity contribution in [2.75, 3.05) is 11.4 Å². The van der Waals surface area contributed by atoms with Crippen molar-refractivity contribution in [3.63, 3.8) is 0 Å². The number of nitrogens with zero attached hydrogens (tertiary/aromatic N) is 1. The quantitative estimate of drug-likeness (QED) is 0.660. The summed E-state index contributed by atoms with van der Waals surface area (Å²) in [6.45, 7) is 3.53. The third-order valence-corrected chi connectivity index (χ3v) is 2.97. The molecule has 0 fully saturated rings. The normalized spacial score (nSPS) is 14.8. The van der Waals surface area contributed by atoms with Crippen LogP contribution in [0.15, 0.2) is 29.8 Å². The van der Waals surface area contributed by atoms with Gasteiger partial charge in [-0.05, 0) is 31.1 Å². The van der Waals surface area contributed by atoms with Gasteiger partial charge >= 0.3 is 5.97 Å². The first-order chi connectivity index (χ1) is 8.91. The van der Waals surface area contributed by atoms with Gasteiger partial charge in [-0.2, -0.15) is 0 Å². The fraction of sp³-hybridized carbons (Fsp3) is 0.214. The molecule has 1 N–H and O–H groups in total. The van der Waals surface area contributed by atoms with E-state index in [-0.39, 0.29) is 6.54 Å². The number of hydrogen-bond acceptors (Lipinski definition) is 3. The number of para-hydroxylation sites is 1. The summed E-state index contributed by atoms with van der Waals surface area (Å²) in [5.74, 6) is -2.22. The van der Waals surface area contributed by atoms with E-state index in [9.17, 15) is 14.4 Å². The molecule has 0 aromatic heterocycles. The van der Waals surface area contributed by atoms with Gasteiger partial charge in [0.15, 0.2) is 0 Å². The van der Waals surface area contributed by atoms with Crippen LogP contribution in [0.4, 0.5) is 5.69 Å². The molecule has 0 saturated heterocycles. The lowest BCUT2D eigenvalue weighted by molar-refractivity contribution is -0.131. The Morgan fingerprint density at radius 3 is 2.68 bits per heavy atom. The number of aryl methyl sites for hydroxylation is 1. The lowest BCUT2D eigenvalue weighted by Gasteiger charge is -2.18. The number of carbonyl (C=O) groups excluding carboxylic acids is 2. The van der Waals surface area contributed by atoms with E-state index in [1.54, 1.807) is 19.1 Å². The number of rotatable bonds is 3. The van der Waals surface area contributed by atoms with E-state index in [0.717, 1.165) is 11.6 Å². The minimum Gasteiger partial charge on any atom is -0.478 e. The van der Waals surface area contributed by atoms with Crippen LogP contribution in [0.25, 0.3) is 0 Å². The number of carboxylic acid groups (broad SMARTS) is 1. The maximum Gasteiger partial charge on any atom is 0.328 e. The number of benzene rings is 1. The third kappa shape index (κ3) is 2.27. The van der Waals surface area contributed by atoms with Crippen LogP contribution < -0.4 is 4.90 Å². The monoisotopic (exact) mass is 259 g/mol. The van der Waals surface area contributed by atoms with Gasteiger partial charge in [0, 0.05) is 12.6 Å². The van der Waals surface area contributed by atoms with E-state index in [4.69, 9.17) is 5.11 Å². The number of aliphatic carboxylic acids is 1. The van der Waals surface area contributed by atoms with Crippen LogP contribution in [0.5, 0.6) is 0 Å². The van der Waals surface area contributed by atoms with Crippen molar-refractivity contribution in [1.29, 1.82) is 0 Å². The number of Topliss-reactive ketones (excluding diaryl/α,β-unsaturated/α-hetero) is 1. The summed E-state index contributed by atoms with van der Waals surface area (Å²) in [6.07, 6.45) is 1.04. The second-order valence-electron chi connectivity index (χ2n) is 4.52. The summed E-state index contributed by atoms with van der Waals surface area (Å²) in [6, 6.07) is 5.15. The second-order valence-corrected chi connectivity index (χ2v) is 4.52. The summed E-state index contributed by atoms with van der Waals surface area (Å²) in [5, 5.41) is 8.68. The topological polar surface area (TPSA) is 74.7 Å². The highest BCUT2D eigenvalue weighted by Crippen LogP contribution is 2.32. The summed E-state index contributed by atoms with van der Waals surface area (Å²) in [5.41, 5.74) is 2.29. The Bertz CT molecular complexity index is 616. The molecule has 1 aliphatic rings. The van der Waals surface area contributed by atoms with Crippen LogP contribution in [0.2, 0.25) is 0 Å². The van der Waals surface area contributed by atoms with Gasteiger partial charge in [0.05, 0.1) is 11.3 Å². The van der Waals surface area contributed by atoms with Crippen molar-refractivity contribution in [2.45, 2.75) is 13.8 Å². The molecule has 1 heterocycles. The molecule has 0 spiro atoms. The largest absolute Gasteiger partial charge is 0.478 e. The molecule has 1 aromatic carbocycles. The Balaban J connectivity index is 2.41. The fourth-order valence-corrected chi connectivity index (χ4v) is 2.20. The molecule has 98 valence electrons. The Morgan fingerprint density at radius 2 is 2.05 bits per heavy atom. The number of hydrogen-bond donors (Lipinski definition) is 1. The van der Waals surface area contributed by atoms with Gasteiger partial charge in [-0.1, -0.05) is 12.1 Å². The highest BCUT2D eigenvalue weighted by Gasteiger charge is 2.36. The lowest BCUT2D eigenvalue weighted by atomic mass is 10.1. The van der Waals surface area contributed by atoms with Crippen LogP contribution in [0.3, 0.4) is 0 Å². The van der Waals surface area contributed by atoms with E-state index < -0.39 is 17.7 Å². The van der Waals surface area contributed by atoms with Crippen LogP contribution in [0, 0.1) is 6.92 Å². The Kier molecular flexibility index (Phi) is 3.21. The molecule has 1 aromatic rings. The van der Waals surface area contributed by atoms with E-state index in [2.05, 4.69) is 0 Å². The first kappa shape index (κ1) is 13.0. The Hall–Kier alpha value is -2.43. The first-order valence-electron chi connectivity index (χ1n) is 5.77. The summed E-state index contributed by atoms with van der Waals surface area (Å²) >= 11 is 0. The second kappa shape index (κ2) is 4.68. The van der Waals surface area contributed by atoms with Crippen LogP contribution in [-0.4, -0.2) is 29.3 Å². The minimum absolute atomic E-state index is 0.106. The standard InChI is InChI=1S/C14H13NO4/c1-8(6-11(16)17)7-15-12-9(2)4-3-5-10(12)13(18)14(15)19/h3-6H,7H2,1-2H3,(H,16,17). The first-order valence-corrected chi connectivity index (χ1v) is 5.77. The van der Waals surface area contributed by atoms with Gasteiger partial charge in [0.1, 0.15) is 0 Å². The molecule has 0 unspecified atom stereocenters. The predicted octanol–water partition coefficient (Wildman–Crippen LogP) is 1.56. The van der Waals surface area contributed by atoms with Gasteiger partial charge < -0.3 is 10.0 Å². The zero-order chi connectivity index (χ0) is 14.2. The number of fused-ring (bicyclic) bond motifs is 1. The SMILES string of the molecule is CC(=CC(=O)O)CN1C(=O)C(=O)c2cccc(C)c21. The molecule has 0 saturated carbocycles. The van der Waals surface area contributed by atoms with E-state index in [1.807, 2.05) is 13.0 Å². The van der Waals surface area contributed by atoms with Gasteiger partial charge in [0.2, 0.25) is 0 Å². The van der Waals surface area contributed by atoms with Crippen molar-refractivity contribution >= 4 is 23.3 Å². The van der Waals surface area contributed by atoms with E-state index in [0.29, 0.717) is 16.8 Å². The van der Waals surface area contributed by atoms with Crippen molar-refractivity contribution in [3.8, 4) is 0 Å². The molecule has 0 radical (unpaired) electrons. The zero-order valence-corrected chi connectivity index (χ0v) is 10.6. The lowest BCUT2D eigenvalue weighted by Crippen LogP contribution is -2.31. The Labute approximate surface area is 110 Å². The molecule has 19 heavy (non-hydrogen) atoms. The maximum atomic E-state index is 11.9. The van der Waals surface area contributed by atoms with E-state index in [1.165, 1.54) is 4.90 Å². The number of carboxylic acids is 1. The third-order valence-electron chi connectivity index (χ3n) is 2.97. The average molecular weight is 259 g/mol. The summed E-state index contributed by atoms with van der Waals surface area (Å²) in [4.78, 5) is 35.7. The highest BCUT2D eigenvalue weighted by molar-refractivity contribution is 6.52. The molecule has 0 bridgehead atoms. The van der Waals surface area contributed by atoms with Crippen molar-refractivity contribution < 1.29 is 19.5 Å². The smallest absolute Gasteiger partial charge is 0.328 e. The summed E-state index contributed by atoms with van der Waals surface area (Å²) in [7, 11) is 0. The number of anilines is 1. The van der Waals surface area contributed by atoms with Crippen LogP contribution in [0.1, 0.15) is 22.8 Å². The molecule has 2 rings (SSSR count). The number of ketones is 1. The number of amides is 1. The summed E-state index contributed by atoms with van der Waals surface area (Å²) < 4.78 is 0. The molecule has 5 nitrogen and oxygen atoms in total. The average Bonchev–Trinajstić information content (AvgIpc) is 2.55. The van der Waals surface area contributed by atoms with E-state index >= 15 is 0 Å². The van der Waals surface area contributed by atoms with Crippen LogP contribution >= 0.6 is 0 Å². The van der Waals surface area contributed by atoms with Gasteiger partial charge in [0.25, 0.3) is 11.7 Å². The minimum atomic E-state index is -1.07. The Morgan fingerprint density at radius 1 is 1.37 bits per heavy atom. The number of carbonyl (C=O) groups is 3. The zero-order valence-electron chi connectivity index (χ0n) is 10.6. The fourth-order valence-electron chi connectivity index (χ4n) is 2.20. The molecule has 0 aliphatic carbocycles. The molecule has 1 aliphatic heterocycles. The maximum absolute atomic E-state index is 11.9. The molecular formula is C14H13NO4. The van der Waals surface area contributed by atoms with Gasteiger partial charge in [-0.15, -0.1) is 0 Å². The van der Waals surface area contributed by atoms with Crippen molar-refractivity contribution in [3.05, 3.63) is 41.0 Å².